The molecule has 2 atom stereocenters. The summed E-state index contributed by atoms with van der Waals surface area (Å²) >= 11 is 0. The molecule has 0 spiro atoms. The Hall–Kier alpha value is -0.163. The van der Waals surface area contributed by atoms with Crippen molar-refractivity contribution in [2.45, 2.75) is 19.3 Å². The van der Waals surface area contributed by atoms with Crippen LogP contribution in [0.2, 0.25) is 0 Å². The Bertz CT molecular complexity index is 163. The van der Waals surface area contributed by atoms with Crippen LogP contribution in [0.1, 0.15) is 19.3 Å². The lowest BCUT2D eigenvalue weighted by molar-refractivity contribution is 0.163. The van der Waals surface area contributed by atoms with Crippen LogP contribution in [0, 0.1) is 11.8 Å². The molecule has 81 valence electrons. The molecule has 3 nitrogen and oxygen atoms in total. The van der Waals surface area contributed by atoms with Gasteiger partial charge in [-0.25, -0.2) is 0 Å². The van der Waals surface area contributed by atoms with Gasteiger partial charge in [-0.05, 0) is 31.1 Å². The number of hydrogen-bond donors (Lipinski definition) is 0. The van der Waals surface area contributed by atoms with Crippen LogP contribution in [0.25, 0.3) is 0 Å². The second-order valence-electron chi connectivity index (χ2n) is 3.58. The molecular formula is C10H19O3Si. The van der Waals surface area contributed by atoms with E-state index >= 15 is 0 Å². The Morgan fingerprint density at radius 3 is 1.43 bits per heavy atom. The Balaban J connectivity index is 0.000000140. The summed E-state index contributed by atoms with van der Waals surface area (Å²) in [7, 11) is 3.31. The first-order valence-electron chi connectivity index (χ1n) is 4.97. The summed E-state index contributed by atoms with van der Waals surface area (Å²) in [6.45, 7) is 0. The smallest absolute Gasteiger partial charge is 0.375 e. The van der Waals surface area contributed by atoms with Crippen molar-refractivity contribution in [1.29, 1.82) is 0 Å². The zero-order valence-corrected chi connectivity index (χ0v) is 10.2. The summed E-state index contributed by atoms with van der Waals surface area (Å²) in [6, 6.07) is 0. The predicted octanol–water partition coefficient (Wildman–Crippen LogP) is 1.88. The van der Waals surface area contributed by atoms with Gasteiger partial charge in [-0.15, -0.1) is 0 Å². The summed E-state index contributed by atoms with van der Waals surface area (Å²) < 4.78 is 14.1. The molecule has 4 heteroatoms. The molecule has 0 amide bonds. The summed E-state index contributed by atoms with van der Waals surface area (Å²) in [5.74, 6) is 1.98. The highest BCUT2D eigenvalue weighted by atomic mass is 28.3. The van der Waals surface area contributed by atoms with Gasteiger partial charge in [0.15, 0.2) is 0 Å². The summed E-state index contributed by atoms with van der Waals surface area (Å²) in [5.41, 5.74) is 0. The summed E-state index contributed by atoms with van der Waals surface area (Å²) in [6.07, 6.45) is 9.19. The fraction of sp³-hybridized carbons (Fsp3) is 0.800. The SMILES string of the molecule is C1=CC2CCC1C2.CO[Si](OC)OC. The first kappa shape index (κ1) is 11.9. The van der Waals surface area contributed by atoms with E-state index in [2.05, 4.69) is 12.2 Å². The molecule has 0 saturated heterocycles. The molecular weight excluding hydrogens is 196 g/mol. The molecule has 14 heavy (non-hydrogen) atoms. The standard InChI is InChI=1S/C7H10.C3H9O3Si/c1-2-7-4-3-6(1)5-7;1-4-7(5-2)6-3/h1-2,6-7H,3-5H2;1-3H3. The zero-order valence-electron chi connectivity index (χ0n) is 9.16. The van der Waals surface area contributed by atoms with Gasteiger partial charge in [0.1, 0.15) is 0 Å². The second-order valence-corrected chi connectivity index (χ2v) is 5.31. The Labute approximate surface area is 88.0 Å². The minimum Gasteiger partial charge on any atom is -0.375 e. The first-order chi connectivity index (χ1) is 6.80. The molecule has 1 saturated carbocycles. The van der Waals surface area contributed by atoms with Crippen LogP contribution < -0.4 is 0 Å². The quantitative estimate of drug-likeness (QED) is 0.531. The van der Waals surface area contributed by atoms with Crippen LogP contribution in [-0.4, -0.2) is 30.9 Å². The van der Waals surface area contributed by atoms with Crippen molar-refractivity contribution in [1.82, 2.24) is 0 Å². The Morgan fingerprint density at radius 1 is 0.929 bits per heavy atom. The van der Waals surface area contributed by atoms with Gasteiger partial charge < -0.3 is 13.3 Å². The average Bonchev–Trinajstić information content (AvgIpc) is 2.85. The van der Waals surface area contributed by atoms with E-state index < -0.39 is 9.53 Å². The number of allylic oxidation sites excluding steroid dienone is 2. The van der Waals surface area contributed by atoms with E-state index in [1.807, 2.05) is 0 Å². The molecule has 0 aromatic rings. The van der Waals surface area contributed by atoms with E-state index in [4.69, 9.17) is 13.3 Å². The van der Waals surface area contributed by atoms with Crippen molar-refractivity contribution in [3.05, 3.63) is 12.2 Å². The van der Waals surface area contributed by atoms with E-state index in [0.29, 0.717) is 0 Å². The van der Waals surface area contributed by atoms with Crippen LogP contribution in [0.3, 0.4) is 0 Å². The molecule has 0 aliphatic heterocycles. The zero-order chi connectivity index (χ0) is 10.4. The monoisotopic (exact) mass is 215 g/mol. The highest BCUT2D eigenvalue weighted by Crippen LogP contribution is 2.38. The van der Waals surface area contributed by atoms with Crippen LogP contribution in [0.5, 0.6) is 0 Å². The van der Waals surface area contributed by atoms with Gasteiger partial charge in [-0.2, -0.15) is 0 Å². The lowest BCUT2D eigenvalue weighted by atomic mass is 10.1. The van der Waals surface area contributed by atoms with Crippen LogP contribution in [0.4, 0.5) is 0 Å². The van der Waals surface area contributed by atoms with Crippen LogP contribution in [-0.2, 0) is 13.3 Å². The molecule has 0 aromatic heterocycles. The van der Waals surface area contributed by atoms with Gasteiger partial charge in [0.2, 0.25) is 0 Å². The van der Waals surface area contributed by atoms with E-state index in [-0.39, 0.29) is 0 Å². The third-order valence-corrected chi connectivity index (χ3v) is 3.67. The summed E-state index contributed by atoms with van der Waals surface area (Å²) in [5, 5.41) is 0. The minimum absolute atomic E-state index is 0.991. The van der Waals surface area contributed by atoms with Crippen molar-refractivity contribution in [3.8, 4) is 0 Å². The third-order valence-electron chi connectivity index (χ3n) is 2.67. The molecule has 0 aromatic carbocycles. The number of fused-ring (bicyclic) bond motifs is 2. The topological polar surface area (TPSA) is 27.7 Å². The van der Waals surface area contributed by atoms with Gasteiger partial charge in [0, 0.05) is 21.3 Å². The van der Waals surface area contributed by atoms with Crippen LogP contribution >= 0.6 is 0 Å². The van der Waals surface area contributed by atoms with Gasteiger partial charge >= 0.3 is 9.53 Å². The maximum absolute atomic E-state index is 4.71. The molecule has 2 bridgehead atoms. The highest BCUT2D eigenvalue weighted by Gasteiger charge is 2.25. The fourth-order valence-corrected chi connectivity index (χ4v) is 2.47. The molecule has 0 N–H and O–H groups in total. The number of hydrogen-bond acceptors (Lipinski definition) is 3. The third kappa shape index (κ3) is 3.53. The van der Waals surface area contributed by atoms with E-state index in [0.717, 1.165) is 11.8 Å². The van der Waals surface area contributed by atoms with Crippen LogP contribution in [0.15, 0.2) is 12.2 Å². The Morgan fingerprint density at radius 2 is 1.36 bits per heavy atom. The molecule has 1 radical (unpaired) electrons. The van der Waals surface area contributed by atoms with Gasteiger partial charge in [-0.1, -0.05) is 12.2 Å². The van der Waals surface area contributed by atoms with Crippen molar-refractivity contribution in [2.24, 2.45) is 11.8 Å². The fourth-order valence-electron chi connectivity index (χ4n) is 1.97. The normalized spacial score (nSPS) is 28.0. The largest absolute Gasteiger partial charge is 0.576 e. The molecule has 0 heterocycles. The molecule has 2 aliphatic carbocycles. The van der Waals surface area contributed by atoms with Crippen molar-refractivity contribution >= 4 is 9.53 Å². The molecule has 2 rings (SSSR count). The maximum atomic E-state index is 4.71. The first-order valence-corrected chi connectivity index (χ1v) is 6.19. The van der Waals surface area contributed by atoms with Gasteiger partial charge in [0.05, 0.1) is 0 Å². The average molecular weight is 215 g/mol. The predicted molar refractivity (Wildman–Crippen MR) is 56.8 cm³/mol. The van der Waals surface area contributed by atoms with E-state index in [1.165, 1.54) is 19.3 Å². The second kappa shape index (κ2) is 6.34. The number of rotatable bonds is 3. The maximum Gasteiger partial charge on any atom is 0.576 e. The highest BCUT2D eigenvalue weighted by molar-refractivity contribution is 6.36. The lowest BCUT2D eigenvalue weighted by Gasteiger charge is -2.02. The van der Waals surface area contributed by atoms with Crippen molar-refractivity contribution in [2.75, 3.05) is 21.3 Å². The minimum atomic E-state index is -1.36. The van der Waals surface area contributed by atoms with E-state index in [9.17, 15) is 0 Å². The van der Waals surface area contributed by atoms with E-state index in [1.54, 1.807) is 21.3 Å². The lowest BCUT2D eigenvalue weighted by Crippen LogP contribution is -2.21. The summed E-state index contributed by atoms with van der Waals surface area (Å²) in [4.78, 5) is 0. The van der Waals surface area contributed by atoms with Crippen molar-refractivity contribution < 1.29 is 13.3 Å². The Kier molecular flexibility index (Phi) is 5.40. The van der Waals surface area contributed by atoms with Gasteiger partial charge in [-0.3, -0.25) is 0 Å². The molecule has 2 aliphatic rings. The van der Waals surface area contributed by atoms with Gasteiger partial charge in [0.25, 0.3) is 0 Å². The molecule has 1 fully saturated rings. The van der Waals surface area contributed by atoms with Crippen molar-refractivity contribution in [3.63, 3.8) is 0 Å². The molecule has 2 unspecified atom stereocenters.